The molecule has 96 valence electrons. The highest BCUT2D eigenvalue weighted by atomic mass is 16.1. The molecule has 0 aliphatic carbocycles. The number of aromatic nitrogens is 2. The van der Waals surface area contributed by atoms with E-state index >= 15 is 0 Å². The van der Waals surface area contributed by atoms with Crippen LogP contribution < -0.4 is 11.5 Å². The van der Waals surface area contributed by atoms with Crippen molar-refractivity contribution in [1.29, 1.82) is 0 Å². The minimum Gasteiger partial charge on any atom is -0.370 e. The highest BCUT2D eigenvalue weighted by Crippen LogP contribution is 2.21. The molecule has 1 aromatic carbocycles. The fourth-order valence-corrected chi connectivity index (χ4v) is 1.89. The molecule has 1 atom stereocenters. The number of imidazole rings is 1. The van der Waals surface area contributed by atoms with Gasteiger partial charge < -0.3 is 16.5 Å². The molecule has 0 fully saturated rings. The quantitative estimate of drug-likeness (QED) is 0.763. The zero-order chi connectivity index (χ0) is 13.3. The molecular formula is C13H18N4O. The van der Waals surface area contributed by atoms with E-state index < -0.39 is 11.9 Å². The summed E-state index contributed by atoms with van der Waals surface area (Å²) in [5.74, 6) is 0.629. The minimum absolute atomic E-state index is 0.0941. The molecule has 5 heteroatoms. The molecule has 0 spiro atoms. The van der Waals surface area contributed by atoms with Crippen LogP contribution in [0.5, 0.6) is 0 Å². The van der Waals surface area contributed by atoms with E-state index in [1.165, 1.54) is 5.56 Å². The van der Waals surface area contributed by atoms with Crippen molar-refractivity contribution in [2.75, 3.05) is 0 Å². The molecule has 0 aliphatic heterocycles. The van der Waals surface area contributed by atoms with Gasteiger partial charge in [-0.05, 0) is 23.6 Å². The number of primary amides is 1. The van der Waals surface area contributed by atoms with Gasteiger partial charge in [-0.15, -0.1) is 0 Å². The SMILES string of the molecule is CC(C)c1ccc2[nH]c([C@@H](N)CC(N)=O)nc2c1. The number of carbonyl (C=O) groups excluding carboxylic acids is 1. The lowest BCUT2D eigenvalue weighted by molar-refractivity contribution is -0.118. The Bertz CT molecular complexity index is 573. The average Bonchev–Trinajstić information content (AvgIpc) is 2.70. The first-order valence-corrected chi connectivity index (χ1v) is 6.01. The number of benzene rings is 1. The van der Waals surface area contributed by atoms with Gasteiger partial charge in [0.15, 0.2) is 0 Å². The summed E-state index contributed by atoms with van der Waals surface area (Å²) in [6, 6.07) is 5.61. The van der Waals surface area contributed by atoms with Gasteiger partial charge in [0.05, 0.1) is 17.1 Å². The summed E-state index contributed by atoms with van der Waals surface area (Å²) in [7, 11) is 0. The highest BCUT2D eigenvalue weighted by Gasteiger charge is 2.14. The van der Waals surface area contributed by atoms with Crippen molar-refractivity contribution in [2.45, 2.75) is 32.2 Å². The average molecular weight is 246 g/mol. The number of aromatic amines is 1. The van der Waals surface area contributed by atoms with Crippen LogP contribution >= 0.6 is 0 Å². The molecule has 0 saturated heterocycles. The molecule has 2 rings (SSSR count). The molecule has 1 amide bonds. The second-order valence-electron chi connectivity index (χ2n) is 4.83. The molecular weight excluding hydrogens is 228 g/mol. The van der Waals surface area contributed by atoms with Crippen LogP contribution in [0.25, 0.3) is 11.0 Å². The van der Waals surface area contributed by atoms with Crippen molar-refractivity contribution in [1.82, 2.24) is 9.97 Å². The number of rotatable bonds is 4. The Morgan fingerprint density at radius 1 is 1.44 bits per heavy atom. The van der Waals surface area contributed by atoms with Gasteiger partial charge in [0.2, 0.25) is 5.91 Å². The zero-order valence-corrected chi connectivity index (χ0v) is 10.6. The number of nitrogens with two attached hydrogens (primary N) is 2. The number of nitrogens with zero attached hydrogens (tertiary/aromatic N) is 1. The number of amides is 1. The van der Waals surface area contributed by atoms with Crippen molar-refractivity contribution in [3.63, 3.8) is 0 Å². The molecule has 0 bridgehead atoms. The fraction of sp³-hybridized carbons (Fsp3) is 0.385. The maximum absolute atomic E-state index is 10.8. The minimum atomic E-state index is -0.475. The predicted octanol–water partition coefficient (Wildman–Crippen LogP) is 1.56. The first kappa shape index (κ1) is 12.6. The smallest absolute Gasteiger partial charge is 0.219 e. The lowest BCUT2D eigenvalue weighted by Crippen LogP contribution is -2.21. The predicted molar refractivity (Wildman–Crippen MR) is 70.9 cm³/mol. The Morgan fingerprint density at radius 3 is 2.78 bits per heavy atom. The summed E-state index contributed by atoms with van der Waals surface area (Å²) in [6.07, 6.45) is 0.0941. The van der Waals surface area contributed by atoms with Gasteiger partial charge >= 0.3 is 0 Å². The zero-order valence-electron chi connectivity index (χ0n) is 10.6. The van der Waals surface area contributed by atoms with E-state index in [0.29, 0.717) is 11.7 Å². The van der Waals surface area contributed by atoms with Crippen LogP contribution in [0.2, 0.25) is 0 Å². The monoisotopic (exact) mass is 246 g/mol. The van der Waals surface area contributed by atoms with Crippen LogP contribution in [-0.2, 0) is 4.79 Å². The third-order valence-electron chi connectivity index (χ3n) is 2.96. The van der Waals surface area contributed by atoms with Crippen molar-refractivity contribution >= 4 is 16.9 Å². The molecule has 0 saturated carbocycles. The molecule has 1 aromatic heterocycles. The van der Waals surface area contributed by atoms with E-state index in [-0.39, 0.29) is 6.42 Å². The molecule has 5 N–H and O–H groups in total. The van der Waals surface area contributed by atoms with E-state index in [2.05, 4.69) is 29.9 Å². The number of nitrogens with one attached hydrogen (secondary N) is 1. The standard InChI is InChI=1S/C13H18N4O/c1-7(2)8-3-4-10-11(5-8)17-13(16-10)9(14)6-12(15)18/h3-5,7,9H,6,14H2,1-2H3,(H2,15,18)(H,16,17)/t9-/m0/s1. The number of fused-ring (bicyclic) bond motifs is 1. The summed E-state index contributed by atoms with van der Waals surface area (Å²) >= 11 is 0. The normalized spacial score (nSPS) is 13.1. The molecule has 5 nitrogen and oxygen atoms in total. The van der Waals surface area contributed by atoms with Crippen LogP contribution in [0.4, 0.5) is 0 Å². The molecule has 18 heavy (non-hydrogen) atoms. The van der Waals surface area contributed by atoms with Crippen LogP contribution in [0.3, 0.4) is 0 Å². The maximum Gasteiger partial charge on any atom is 0.219 e. The Balaban J connectivity index is 2.35. The Morgan fingerprint density at radius 2 is 2.17 bits per heavy atom. The lowest BCUT2D eigenvalue weighted by Gasteiger charge is -2.04. The molecule has 0 radical (unpaired) electrons. The summed E-state index contributed by atoms with van der Waals surface area (Å²) in [4.78, 5) is 18.4. The summed E-state index contributed by atoms with van der Waals surface area (Å²) < 4.78 is 0. The van der Waals surface area contributed by atoms with Crippen LogP contribution in [-0.4, -0.2) is 15.9 Å². The van der Waals surface area contributed by atoms with Gasteiger partial charge in [-0.25, -0.2) is 4.98 Å². The van der Waals surface area contributed by atoms with E-state index in [1.54, 1.807) is 0 Å². The fourth-order valence-electron chi connectivity index (χ4n) is 1.89. The summed E-state index contributed by atoms with van der Waals surface area (Å²) in [5.41, 5.74) is 14.0. The summed E-state index contributed by atoms with van der Waals surface area (Å²) in [6.45, 7) is 4.26. The second-order valence-corrected chi connectivity index (χ2v) is 4.83. The highest BCUT2D eigenvalue weighted by molar-refractivity contribution is 5.77. The maximum atomic E-state index is 10.8. The Kier molecular flexibility index (Phi) is 3.34. The molecule has 2 aromatic rings. The molecule has 0 aliphatic rings. The van der Waals surface area contributed by atoms with Gasteiger partial charge in [0.25, 0.3) is 0 Å². The van der Waals surface area contributed by atoms with E-state index in [4.69, 9.17) is 11.5 Å². The largest absolute Gasteiger partial charge is 0.370 e. The third kappa shape index (κ3) is 2.51. The van der Waals surface area contributed by atoms with Crippen molar-refractivity contribution in [3.05, 3.63) is 29.6 Å². The number of H-pyrrole nitrogens is 1. The summed E-state index contributed by atoms with van der Waals surface area (Å²) in [5, 5.41) is 0. The lowest BCUT2D eigenvalue weighted by atomic mass is 10.0. The van der Waals surface area contributed by atoms with Crippen molar-refractivity contribution in [2.24, 2.45) is 11.5 Å². The van der Waals surface area contributed by atoms with Gasteiger partial charge in [-0.2, -0.15) is 0 Å². The third-order valence-corrected chi connectivity index (χ3v) is 2.96. The van der Waals surface area contributed by atoms with E-state index in [9.17, 15) is 4.79 Å². The van der Waals surface area contributed by atoms with Gasteiger partial charge in [-0.3, -0.25) is 4.79 Å². The van der Waals surface area contributed by atoms with Gasteiger partial charge in [-0.1, -0.05) is 19.9 Å². The van der Waals surface area contributed by atoms with Crippen molar-refractivity contribution < 1.29 is 4.79 Å². The van der Waals surface area contributed by atoms with Gasteiger partial charge in [0.1, 0.15) is 5.82 Å². The topological polar surface area (TPSA) is 97.8 Å². The van der Waals surface area contributed by atoms with Crippen LogP contribution in [0.1, 0.15) is 43.6 Å². The molecule has 1 heterocycles. The first-order valence-electron chi connectivity index (χ1n) is 6.01. The van der Waals surface area contributed by atoms with Gasteiger partial charge in [0, 0.05) is 6.42 Å². The van der Waals surface area contributed by atoms with E-state index in [0.717, 1.165) is 11.0 Å². The number of hydrogen-bond acceptors (Lipinski definition) is 3. The second kappa shape index (κ2) is 4.78. The molecule has 0 unspecified atom stereocenters. The Labute approximate surface area is 106 Å². The number of carbonyl (C=O) groups is 1. The van der Waals surface area contributed by atoms with Crippen LogP contribution in [0.15, 0.2) is 18.2 Å². The van der Waals surface area contributed by atoms with Crippen molar-refractivity contribution in [3.8, 4) is 0 Å². The van der Waals surface area contributed by atoms with Crippen LogP contribution in [0, 0.1) is 0 Å². The van der Waals surface area contributed by atoms with E-state index in [1.807, 2.05) is 12.1 Å². The number of hydrogen-bond donors (Lipinski definition) is 3. The first-order chi connectivity index (χ1) is 8.47. The Hall–Kier alpha value is -1.88.